The van der Waals surface area contributed by atoms with Crippen molar-refractivity contribution in [1.29, 1.82) is 0 Å². The molecule has 2 aliphatic heterocycles. The highest BCUT2D eigenvalue weighted by Crippen LogP contribution is 2.42. The molecule has 0 saturated carbocycles. The number of allylic oxidation sites excluding steroid dienone is 1. The van der Waals surface area contributed by atoms with Crippen molar-refractivity contribution in [2.24, 2.45) is 5.92 Å². The summed E-state index contributed by atoms with van der Waals surface area (Å²) in [4.78, 5) is 0. The van der Waals surface area contributed by atoms with Crippen LogP contribution in [0.25, 0.3) is 0 Å². The third-order valence-electron chi connectivity index (χ3n) is 6.67. The molecule has 0 amide bonds. The molecule has 172 valence electrons. The molecular weight excluding hydrogens is 413 g/mol. The van der Waals surface area contributed by atoms with Crippen molar-refractivity contribution < 1.29 is 22.6 Å². The van der Waals surface area contributed by atoms with Gasteiger partial charge in [-0.25, -0.2) is 8.78 Å². The predicted octanol–water partition coefficient (Wildman–Crippen LogP) is 7.45. The molecule has 1 fully saturated rings. The third kappa shape index (κ3) is 4.73. The fraction of sp³-hybridized carbons (Fsp3) is 0.481. The molecule has 2 heterocycles. The largest absolute Gasteiger partial charge is 0.450 e. The van der Waals surface area contributed by atoms with Crippen molar-refractivity contribution in [2.45, 2.75) is 70.8 Å². The van der Waals surface area contributed by atoms with E-state index in [2.05, 4.69) is 13.5 Å². The van der Waals surface area contributed by atoms with Gasteiger partial charge >= 0.3 is 0 Å². The van der Waals surface area contributed by atoms with Crippen molar-refractivity contribution in [3.63, 3.8) is 0 Å². The van der Waals surface area contributed by atoms with E-state index in [1.807, 2.05) is 6.07 Å². The molecule has 4 rings (SSSR count). The van der Waals surface area contributed by atoms with E-state index >= 15 is 0 Å². The maximum absolute atomic E-state index is 14.9. The lowest BCUT2D eigenvalue weighted by Gasteiger charge is -2.29. The van der Waals surface area contributed by atoms with Crippen LogP contribution < -0.4 is 4.74 Å². The second-order valence-corrected chi connectivity index (χ2v) is 9.01. The third-order valence-corrected chi connectivity index (χ3v) is 6.67. The number of aryl methyl sites for hydroxylation is 2. The molecular formula is C27H31F3O2. The molecule has 0 N–H and O–H groups in total. The monoisotopic (exact) mass is 444 g/mol. The molecule has 0 bridgehead atoms. The summed E-state index contributed by atoms with van der Waals surface area (Å²) >= 11 is 0. The Morgan fingerprint density at radius 1 is 0.969 bits per heavy atom. The number of fused-ring (bicyclic) bond motifs is 2. The number of hydrogen-bond donors (Lipinski definition) is 0. The van der Waals surface area contributed by atoms with Crippen LogP contribution in [0.2, 0.25) is 0 Å². The zero-order chi connectivity index (χ0) is 22.7. The van der Waals surface area contributed by atoms with Gasteiger partial charge < -0.3 is 9.47 Å². The fourth-order valence-electron chi connectivity index (χ4n) is 4.79. The van der Waals surface area contributed by atoms with E-state index in [1.54, 1.807) is 18.2 Å². The minimum Gasteiger partial charge on any atom is -0.450 e. The van der Waals surface area contributed by atoms with E-state index in [-0.39, 0.29) is 11.5 Å². The molecule has 32 heavy (non-hydrogen) atoms. The van der Waals surface area contributed by atoms with E-state index in [9.17, 15) is 13.2 Å². The van der Waals surface area contributed by atoms with Crippen LogP contribution in [0.4, 0.5) is 13.2 Å². The summed E-state index contributed by atoms with van der Waals surface area (Å²) in [5.41, 5.74) is 2.05. The number of rotatable bonds is 8. The second-order valence-electron chi connectivity index (χ2n) is 9.01. The van der Waals surface area contributed by atoms with Crippen molar-refractivity contribution in [3.8, 4) is 11.5 Å². The van der Waals surface area contributed by atoms with Crippen molar-refractivity contribution in [3.05, 3.63) is 70.6 Å². The van der Waals surface area contributed by atoms with Gasteiger partial charge in [-0.15, -0.1) is 6.58 Å². The average Bonchev–Trinajstić information content (AvgIpc) is 2.80. The van der Waals surface area contributed by atoms with Gasteiger partial charge in [0.05, 0.1) is 6.10 Å². The van der Waals surface area contributed by atoms with Gasteiger partial charge in [-0.2, -0.15) is 4.39 Å². The van der Waals surface area contributed by atoms with E-state index in [1.165, 1.54) is 0 Å². The highest BCUT2D eigenvalue weighted by atomic mass is 19.2. The van der Waals surface area contributed by atoms with Crippen LogP contribution in [-0.4, -0.2) is 12.7 Å². The first-order chi connectivity index (χ1) is 15.5. The van der Waals surface area contributed by atoms with Gasteiger partial charge in [0, 0.05) is 24.2 Å². The first kappa shape index (κ1) is 22.9. The van der Waals surface area contributed by atoms with Gasteiger partial charge in [0.15, 0.2) is 23.1 Å². The standard InChI is InChI=1S/C27H31F3O2/c1-3-5-7-18-11-12-20-15-21-14-19(10-8-17-9-13-22(6-4-2)31-16-17)23(28)25(30)27(21)32-26(20)24(18)29/h3,11-12,14,17,22H,1,4-10,13,15-16H2,2H3. The molecule has 5 heteroatoms. The Bertz CT molecular complexity index is 978. The molecule has 1 saturated heterocycles. The van der Waals surface area contributed by atoms with Crippen LogP contribution >= 0.6 is 0 Å². The van der Waals surface area contributed by atoms with E-state index in [0.717, 1.165) is 32.1 Å². The lowest BCUT2D eigenvalue weighted by Crippen LogP contribution is -2.26. The van der Waals surface area contributed by atoms with Gasteiger partial charge in [-0.3, -0.25) is 0 Å². The van der Waals surface area contributed by atoms with Crippen molar-refractivity contribution >= 4 is 0 Å². The van der Waals surface area contributed by atoms with Crippen LogP contribution in [0, 0.1) is 23.4 Å². The average molecular weight is 445 g/mol. The van der Waals surface area contributed by atoms with Gasteiger partial charge in [-0.1, -0.05) is 31.6 Å². The Morgan fingerprint density at radius 2 is 1.78 bits per heavy atom. The zero-order valence-electron chi connectivity index (χ0n) is 18.7. The first-order valence-electron chi connectivity index (χ1n) is 11.7. The van der Waals surface area contributed by atoms with Crippen LogP contribution in [0.15, 0.2) is 30.9 Å². The molecule has 2 aromatic carbocycles. The van der Waals surface area contributed by atoms with E-state index in [4.69, 9.17) is 9.47 Å². The summed E-state index contributed by atoms with van der Waals surface area (Å²) in [6.07, 6.45) is 8.97. The minimum absolute atomic E-state index is 0.00565. The summed E-state index contributed by atoms with van der Waals surface area (Å²) in [5, 5.41) is 0. The first-order valence-corrected chi connectivity index (χ1v) is 11.7. The maximum Gasteiger partial charge on any atom is 0.201 e. The molecule has 0 spiro atoms. The summed E-state index contributed by atoms with van der Waals surface area (Å²) < 4.78 is 56.2. The molecule has 0 radical (unpaired) electrons. The topological polar surface area (TPSA) is 18.5 Å². The zero-order valence-corrected chi connectivity index (χ0v) is 18.7. The van der Waals surface area contributed by atoms with E-state index < -0.39 is 17.5 Å². The maximum atomic E-state index is 14.9. The van der Waals surface area contributed by atoms with Gasteiger partial charge in [0.1, 0.15) is 0 Å². The molecule has 2 atom stereocenters. The lowest BCUT2D eigenvalue weighted by atomic mass is 9.90. The Balaban J connectivity index is 1.48. The minimum atomic E-state index is -1.03. The van der Waals surface area contributed by atoms with Gasteiger partial charge in [0.2, 0.25) is 5.82 Å². The molecule has 2 unspecified atom stereocenters. The normalized spacial score (nSPS) is 19.8. The summed E-state index contributed by atoms with van der Waals surface area (Å²) in [7, 11) is 0. The number of benzene rings is 2. The highest BCUT2D eigenvalue weighted by molar-refractivity contribution is 5.53. The molecule has 0 aromatic heterocycles. The predicted molar refractivity (Wildman–Crippen MR) is 120 cm³/mol. The number of hydrogen-bond acceptors (Lipinski definition) is 2. The van der Waals surface area contributed by atoms with E-state index in [0.29, 0.717) is 66.6 Å². The van der Waals surface area contributed by atoms with Crippen LogP contribution in [0.5, 0.6) is 11.5 Å². The van der Waals surface area contributed by atoms with Crippen molar-refractivity contribution in [1.82, 2.24) is 0 Å². The Kier molecular flexibility index (Phi) is 7.24. The van der Waals surface area contributed by atoms with Crippen LogP contribution in [0.1, 0.15) is 67.7 Å². The van der Waals surface area contributed by atoms with Crippen molar-refractivity contribution in [2.75, 3.05) is 6.61 Å². The molecule has 2 aromatic rings. The Hall–Kier alpha value is -2.27. The second kappa shape index (κ2) is 10.1. The van der Waals surface area contributed by atoms with Gasteiger partial charge in [0.25, 0.3) is 0 Å². The molecule has 0 aliphatic carbocycles. The van der Waals surface area contributed by atoms with Crippen LogP contribution in [0.3, 0.4) is 0 Å². The molecule has 2 nitrogen and oxygen atoms in total. The smallest absolute Gasteiger partial charge is 0.201 e. The quantitative estimate of drug-likeness (QED) is 0.336. The summed E-state index contributed by atoms with van der Waals surface area (Å²) in [5.74, 6) is -2.25. The number of ether oxygens (including phenoxy) is 2. The Morgan fingerprint density at radius 3 is 2.50 bits per heavy atom. The summed E-state index contributed by atoms with van der Waals surface area (Å²) in [6, 6.07) is 5.23. The highest BCUT2D eigenvalue weighted by Gasteiger charge is 2.29. The van der Waals surface area contributed by atoms with Gasteiger partial charge in [-0.05, 0) is 68.1 Å². The Labute approximate surface area is 188 Å². The molecule has 2 aliphatic rings. The number of halogens is 3. The van der Waals surface area contributed by atoms with Crippen LogP contribution in [-0.2, 0) is 24.0 Å². The SMILES string of the molecule is C=CCCc1ccc2c(c1F)Oc1c(cc(CCC3CCC(CCC)OC3)c(F)c1F)C2. The fourth-order valence-corrected chi connectivity index (χ4v) is 4.79. The summed E-state index contributed by atoms with van der Waals surface area (Å²) in [6.45, 7) is 6.49. The lowest BCUT2D eigenvalue weighted by molar-refractivity contribution is -0.0218.